The Hall–Kier alpha value is -3.44. The lowest BCUT2D eigenvalue weighted by Gasteiger charge is -2.25. The lowest BCUT2D eigenvalue weighted by Crippen LogP contribution is -2.49. The summed E-state index contributed by atoms with van der Waals surface area (Å²) in [6.07, 6.45) is 1.41. The maximum Gasteiger partial charge on any atom is 0.226 e. The molecule has 11 heteroatoms. The first-order chi connectivity index (χ1) is 21.6. The summed E-state index contributed by atoms with van der Waals surface area (Å²) in [5.41, 5.74) is 8.52. The number of nitrogens with two attached hydrogens (primary N) is 1. The van der Waals surface area contributed by atoms with Crippen LogP contribution in [0.2, 0.25) is 4.34 Å². The van der Waals surface area contributed by atoms with Crippen LogP contribution in [-0.2, 0) is 46.6 Å². The molecule has 45 heavy (non-hydrogen) atoms. The number of aliphatic hydroxyl groups excluding tert-OH is 1. The van der Waals surface area contributed by atoms with E-state index in [1.807, 2.05) is 55.1 Å². The Bertz CT molecular complexity index is 1410. The number of halogens is 1. The molecule has 3 aromatic rings. The van der Waals surface area contributed by atoms with Gasteiger partial charge in [0.15, 0.2) is 0 Å². The number of rotatable bonds is 19. The van der Waals surface area contributed by atoms with Crippen molar-refractivity contribution in [3.63, 3.8) is 0 Å². The van der Waals surface area contributed by atoms with Gasteiger partial charge in [0.1, 0.15) is 5.75 Å². The summed E-state index contributed by atoms with van der Waals surface area (Å²) >= 11 is 7.56. The third-order valence-corrected chi connectivity index (χ3v) is 8.48. The van der Waals surface area contributed by atoms with E-state index in [9.17, 15) is 19.5 Å². The Morgan fingerprint density at radius 2 is 1.62 bits per heavy atom. The van der Waals surface area contributed by atoms with E-state index in [2.05, 4.69) is 10.6 Å². The number of ether oxygens (including phenoxy) is 1. The number of nitrogens with zero attached hydrogens (tertiary/aromatic N) is 1. The Kier molecular flexibility index (Phi) is 14.8. The summed E-state index contributed by atoms with van der Waals surface area (Å²) in [6.45, 7) is 6.19. The number of hydrogen-bond donors (Lipinski definition) is 4. The molecule has 1 aromatic heterocycles. The Morgan fingerprint density at radius 1 is 0.956 bits per heavy atom. The molecule has 0 fully saturated rings. The molecule has 0 radical (unpaired) electrons. The quantitative estimate of drug-likeness (QED) is 0.154. The molecule has 5 N–H and O–H groups in total. The molecule has 0 aliphatic heterocycles. The van der Waals surface area contributed by atoms with Gasteiger partial charge in [-0.05, 0) is 59.4 Å². The van der Waals surface area contributed by atoms with Crippen LogP contribution in [0.4, 0.5) is 0 Å². The summed E-state index contributed by atoms with van der Waals surface area (Å²) in [4.78, 5) is 41.0. The molecule has 3 rings (SSSR count). The lowest BCUT2D eigenvalue weighted by atomic mass is 9.98. The fourth-order valence-corrected chi connectivity index (χ4v) is 6.37. The molecule has 0 spiro atoms. The van der Waals surface area contributed by atoms with E-state index < -0.39 is 18.1 Å². The summed E-state index contributed by atoms with van der Waals surface area (Å²) in [6, 6.07) is 16.2. The summed E-state index contributed by atoms with van der Waals surface area (Å²) in [7, 11) is 1.61. The minimum atomic E-state index is -0.891. The van der Waals surface area contributed by atoms with Gasteiger partial charge >= 0.3 is 0 Å². The maximum absolute atomic E-state index is 13.4. The van der Waals surface area contributed by atoms with Crippen LogP contribution in [0.3, 0.4) is 0 Å². The zero-order valence-corrected chi connectivity index (χ0v) is 27.9. The molecule has 9 nitrogen and oxygen atoms in total. The van der Waals surface area contributed by atoms with Crippen LogP contribution in [0.1, 0.15) is 53.8 Å². The normalized spacial score (nSPS) is 12.4. The van der Waals surface area contributed by atoms with Crippen molar-refractivity contribution in [3.05, 3.63) is 86.1 Å². The summed E-state index contributed by atoms with van der Waals surface area (Å²) in [5.74, 6) is -0.0286. The topological polar surface area (TPSA) is 134 Å². The zero-order chi connectivity index (χ0) is 32.8. The van der Waals surface area contributed by atoms with Crippen LogP contribution in [-0.4, -0.2) is 66.6 Å². The van der Waals surface area contributed by atoms with Crippen molar-refractivity contribution in [2.75, 3.05) is 26.7 Å². The first kappa shape index (κ1) is 36.0. The average Bonchev–Trinajstić information content (AvgIpc) is 3.40. The van der Waals surface area contributed by atoms with Crippen molar-refractivity contribution in [1.82, 2.24) is 15.5 Å². The third kappa shape index (κ3) is 12.5. The molecule has 2 aromatic carbocycles. The number of aliphatic hydroxyl groups is 1. The molecule has 0 unspecified atom stereocenters. The maximum atomic E-state index is 13.4. The van der Waals surface area contributed by atoms with Gasteiger partial charge in [0.25, 0.3) is 0 Å². The SMILES string of the molecule is CCCN(CCC)C(=O)Cc1cc(CC(N)=O)cc(CC(=O)N[C@@H](Cc2ccc(Cl)s2)[C@H](O)CNCc2cccc(OC)c2)c1. The highest BCUT2D eigenvalue weighted by atomic mass is 35.5. The van der Waals surface area contributed by atoms with Crippen LogP contribution in [0.5, 0.6) is 5.75 Å². The second kappa shape index (κ2) is 18.5. The molecule has 0 saturated carbocycles. The minimum Gasteiger partial charge on any atom is -0.497 e. The van der Waals surface area contributed by atoms with Crippen LogP contribution < -0.4 is 21.1 Å². The number of hydrogen-bond acceptors (Lipinski definition) is 7. The molecule has 0 saturated heterocycles. The predicted molar refractivity (Wildman–Crippen MR) is 180 cm³/mol. The molecule has 0 aliphatic rings. The van der Waals surface area contributed by atoms with Crippen molar-refractivity contribution in [3.8, 4) is 5.75 Å². The molecular formula is C34H45ClN4O5S. The Balaban J connectivity index is 1.73. The standard InChI is InChI=1S/C34H45ClN4O5S/c1-4-11-39(12-5-2)34(43)19-26-14-24(17-32(36)41)13-25(15-26)18-33(42)38-29(20-28-9-10-31(35)45-28)30(40)22-37-21-23-7-6-8-27(16-23)44-3/h6-10,13-16,29-30,37,40H,4-5,11-12,17-22H2,1-3H3,(H2,36,41)(H,38,42)/t29-,30+/m0/s1. The van der Waals surface area contributed by atoms with Crippen LogP contribution in [0, 0.1) is 0 Å². The molecule has 244 valence electrons. The molecule has 1 heterocycles. The fraction of sp³-hybridized carbons (Fsp3) is 0.441. The highest BCUT2D eigenvalue weighted by Gasteiger charge is 2.23. The van der Waals surface area contributed by atoms with E-state index in [-0.39, 0.29) is 37.6 Å². The van der Waals surface area contributed by atoms with Crippen LogP contribution in [0.25, 0.3) is 0 Å². The number of primary amides is 1. The summed E-state index contributed by atoms with van der Waals surface area (Å²) < 4.78 is 5.92. The average molecular weight is 657 g/mol. The van der Waals surface area contributed by atoms with Crippen molar-refractivity contribution in [2.24, 2.45) is 5.73 Å². The monoisotopic (exact) mass is 656 g/mol. The number of thiophene rings is 1. The van der Waals surface area contributed by atoms with Gasteiger partial charge in [0.05, 0.1) is 42.9 Å². The highest BCUT2D eigenvalue weighted by Crippen LogP contribution is 2.23. The number of carbonyl (C=O) groups is 3. The van der Waals surface area contributed by atoms with E-state index in [4.69, 9.17) is 22.1 Å². The zero-order valence-electron chi connectivity index (χ0n) is 26.3. The first-order valence-electron chi connectivity index (χ1n) is 15.3. The van der Waals surface area contributed by atoms with Crippen LogP contribution in [0.15, 0.2) is 54.6 Å². The Morgan fingerprint density at radius 3 is 2.22 bits per heavy atom. The number of amides is 3. The van der Waals surface area contributed by atoms with E-state index in [1.54, 1.807) is 25.3 Å². The molecule has 0 aliphatic carbocycles. The van der Waals surface area contributed by atoms with Gasteiger partial charge in [-0.25, -0.2) is 0 Å². The number of benzene rings is 2. The van der Waals surface area contributed by atoms with Crippen molar-refractivity contribution in [1.29, 1.82) is 0 Å². The van der Waals surface area contributed by atoms with Gasteiger partial charge in [-0.1, -0.05) is 55.8 Å². The van der Waals surface area contributed by atoms with E-state index in [0.717, 1.165) is 34.6 Å². The second-order valence-electron chi connectivity index (χ2n) is 11.2. The van der Waals surface area contributed by atoms with E-state index >= 15 is 0 Å². The minimum absolute atomic E-state index is 0.00369. The lowest BCUT2D eigenvalue weighted by molar-refractivity contribution is -0.130. The molecular weight excluding hydrogens is 612 g/mol. The van der Waals surface area contributed by atoms with Gasteiger partial charge in [0.2, 0.25) is 17.7 Å². The van der Waals surface area contributed by atoms with Crippen LogP contribution >= 0.6 is 22.9 Å². The van der Waals surface area contributed by atoms with Crippen molar-refractivity contribution in [2.45, 2.75) is 71.1 Å². The van der Waals surface area contributed by atoms with Gasteiger partial charge in [0, 0.05) is 37.5 Å². The molecule has 3 amide bonds. The third-order valence-electron chi connectivity index (χ3n) is 7.23. The number of methoxy groups -OCH3 is 1. The van der Waals surface area contributed by atoms with Gasteiger partial charge < -0.3 is 31.1 Å². The van der Waals surface area contributed by atoms with E-state index in [1.165, 1.54) is 11.3 Å². The number of carbonyl (C=O) groups excluding carboxylic acids is 3. The van der Waals surface area contributed by atoms with Gasteiger partial charge in [-0.15, -0.1) is 11.3 Å². The Labute approximate surface area is 275 Å². The highest BCUT2D eigenvalue weighted by molar-refractivity contribution is 7.16. The first-order valence-corrected chi connectivity index (χ1v) is 16.5. The largest absolute Gasteiger partial charge is 0.497 e. The van der Waals surface area contributed by atoms with Gasteiger partial charge in [-0.3, -0.25) is 14.4 Å². The predicted octanol–water partition coefficient (Wildman–Crippen LogP) is 4.05. The summed E-state index contributed by atoms with van der Waals surface area (Å²) in [5, 5.41) is 17.4. The molecule has 2 atom stereocenters. The second-order valence-corrected chi connectivity index (χ2v) is 13.0. The van der Waals surface area contributed by atoms with Crippen molar-refractivity contribution < 1.29 is 24.2 Å². The smallest absolute Gasteiger partial charge is 0.226 e. The van der Waals surface area contributed by atoms with Crippen molar-refractivity contribution >= 4 is 40.7 Å². The van der Waals surface area contributed by atoms with E-state index in [0.29, 0.717) is 41.5 Å². The molecule has 0 bridgehead atoms. The fourth-order valence-electron chi connectivity index (χ4n) is 5.23. The van der Waals surface area contributed by atoms with Gasteiger partial charge in [-0.2, -0.15) is 0 Å². The number of nitrogens with one attached hydrogen (secondary N) is 2.